The Labute approximate surface area is 137 Å². The highest BCUT2D eigenvalue weighted by Gasteiger charge is 2.53. The number of guanidine groups is 1. The normalized spacial score (nSPS) is 27.8. The maximum Gasteiger partial charge on any atom is 0.262 e. The van der Waals surface area contributed by atoms with Crippen molar-refractivity contribution in [1.82, 2.24) is 4.90 Å². The number of nitrogens with two attached hydrogens (primary N) is 1. The second kappa shape index (κ2) is 5.28. The van der Waals surface area contributed by atoms with Crippen molar-refractivity contribution in [2.24, 2.45) is 16.6 Å². The van der Waals surface area contributed by atoms with Gasteiger partial charge in [-0.05, 0) is 23.8 Å². The first-order valence-corrected chi connectivity index (χ1v) is 7.70. The Morgan fingerprint density at radius 3 is 2.86 bits per heavy atom. The van der Waals surface area contributed by atoms with Crippen LogP contribution < -0.4 is 5.73 Å². The van der Waals surface area contributed by atoms with Crippen molar-refractivity contribution in [1.29, 1.82) is 0 Å². The first kappa shape index (κ1) is 14.8. The molecule has 0 aromatic heterocycles. The van der Waals surface area contributed by atoms with Crippen LogP contribution in [-0.4, -0.2) is 28.9 Å². The third kappa shape index (κ3) is 2.14. The minimum atomic E-state index is -1.14. The van der Waals surface area contributed by atoms with E-state index in [-0.39, 0.29) is 23.5 Å². The summed E-state index contributed by atoms with van der Waals surface area (Å²) in [6, 6.07) is 7.49. The number of likely N-dealkylation sites (N-methyl/N-ethyl adjacent to an activating group) is 1. The summed E-state index contributed by atoms with van der Waals surface area (Å²) in [6.45, 7) is 0. The third-order valence-electron chi connectivity index (χ3n) is 4.13. The number of amides is 1. The molecule has 1 aliphatic carbocycles. The first-order chi connectivity index (χ1) is 10.4. The van der Waals surface area contributed by atoms with E-state index in [1.807, 2.05) is 30.3 Å². The van der Waals surface area contributed by atoms with Crippen LogP contribution in [0.3, 0.4) is 0 Å². The number of nitrogens with zero attached hydrogens (tertiary/aromatic N) is 2. The molecule has 1 amide bonds. The lowest BCUT2D eigenvalue weighted by Gasteiger charge is -2.33. The third-order valence-corrected chi connectivity index (χ3v) is 4.62. The summed E-state index contributed by atoms with van der Waals surface area (Å²) in [5.41, 5.74) is 5.52. The number of hydrogen-bond acceptors (Lipinski definition) is 4. The minimum absolute atomic E-state index is 0.187. The summed E-state index contributed by atoms with van der Waals surface area (Å²) in [5.74, 6) is -0.0549. The van der Waals surface area contributed by atoms with Crippen LogP contribution in [0.1, 0.15) is 12.0 Å². The molecule has 1 aromatic carbocycles. The van der Waals surface area contributed by atoms with Gasteiger partial charge in [0.05, 0.1) is 5.76 Å². The fourth-order valence-electron chi connectivity index (χ4n) is 2.98. The van der Waals surface area contributed by atoms with E-state index in [0.717, 1.165) is 10.0 Å². The molecule has 1 aliphatic heterocycles. The molecule has 2 aliphatic rings. The van der Waals surface area contributed by atoms with E-state index in [4.69, 9.17) is 5.73 Å². The summed E-state index contributed by atoms with van der Waals surface area (Å²) in [7, 11) is 1.61. The zero-order valence-electron chi connectivity index (χ0n) is 12.0. The van der Waals surface area contributed by atoms with Gasteiger partial charge in [0.1, 0.15) is 0 Å². The molecule has 5 nitrogen and oxygen atoms in total. The Bertz CT molecular complexity index is 726. The van der Waals surface area contributed by atoms with E-state index in [1.165, 1.54) is 4.90 Å². The standard InChI is InChI=1S/C16H16BrN3O2/c1-20-14(22)16(19-15(20)18,10-4-2-6-12(17)8-10)11-5-3-7-13(21)9-11/h2-8,11,21H,9H2,1H3,(H2,18,19). The van der Waals surface area contributed by atoms with Crippen molar-refractivity contribution in [2.75, 3.05) is 7.05 Å². The molecule has 0 spiro atoms. The molecule has 2 unspecified atom stereocenters. The number of carbonyl (C=O) groups excluding carboxylic acids is 1. The van der Waals surface area contributed by atoms with E-state index in [2.05, 4.69) is 20.9 Å². The molecule has 1 aromatic rings. The second-order valence-corrected chi connectivity index (χ2v) is 6.38. The molecule has 3 rings (SSSR count). The zero-order chi connectivity index (χ0) is 15.9. The van der Waals surface area contributed by atoms with Gasteiger partial charge in [-0.1, -0.05) is 40.2 Å². The summed E-state index contributed by atoms with van der Waals surface area (Å²) < 4.78 is 0.861. The molecular weight excluding hydrogens is 346 g/mol. The van der Waals surface area contributed by atoms with Crippen LogP contribution in [0.15, 0.2) is 57.7 Å². The van der Waals surface area contributed by atoms with E-state index >= 15 is 0 Å². The summed E-state index contributed by atoms with van der Waals surface area (Å²) in [6.07, 6.45) is 5.62. The maximum atomic E-state index is 12.9. The Balaban J connectivity index is 2.18. The van der Waals surface area contributed by atoms with Gasteiger partial charge in [-0.25, -0.2) is 4.99 Å². The minimum Gasteiger partial charge on any atom is -0.512 e. The molecule has 6 heteroatoms. The van der Waals surface area contributed by atoms with E-state index in [9.17, 15) is 9.90 Å². The van der Waals surface area contributed by atoms with Crippen molar-refractivity contribution in [3.8, 4) is 0 Å². The van der Waals surface area contributed by atoms with Crippen LogP contribution in [0.4, 0.5) is 0 Å². The number of aliphatic imine (C=N–C) groups is 1. The number of carbonyl (C=O) groups is 1. The molecule has 0 bridgehead atoms. The van der Waals surface area contributed by atoms with Gasteiger partial charge in [0, 0.05) is 23.9 Å². The second-order valence-electron chi connectivity index (χ2n) is 5.46. The van der Waals surface area contributed by atoms with Crippen molar-refractivity contribution in [3.05, 3.63) is 58.3 Å². The van der Waals surface area contributed by atoms with Crippen LogP contribution in [-0.2, 0) is 10.3 Å². The lowest BCUT2D eigenvalue weighted by Crippen LogP contribution is -2.44. The molecule has 0 fully saturated rings. The van der Waals surface area contributed by atoms with Gasteiger partial charge < -0.3 is 10.8 Å². The number of hydrogen-bond donors (Lipinski definition) is 2. The van der Waals surface area contributed by atoms with Crippen molar-refractivity contribution in [2.45, 2.75) is 12.0 Å². The molecule has 22 heavy (non-hydrogen) atoms. The fourth-order valence-corrected chi connectivity index (χ4v) is 3.38. The molecular formula is C16H16BrN3O2. The number of aliphatic hydroxyl groups is 1. The number of benzene rings is 1. The number of halogens is 1. The molecule has 1 heterocycles. The van der Waals surface area contributed by atoms with Crippen molar-refractivity contribution < 1.29 is 9.90 Å². The van der Waals surface area contributed by atoms with Crippen molar-refractivity contribution in [3.63, 3.8) is 0 Å². The first-order valence-electron chi connectivity index (χ1n) is 6.91. The molecule has 0 saturated carbocycles. The number of rotatable bonds is 2. The van der Waals surface area contributed by atoms with Gasteiger partial charge >= 0.3 is 0 Å². The zero-order valence-corrected chi connectivity index (χ0v) is 13.6. The van der Waals surface area contributed by atoms with Crippen LogP contribution in [0.2, 0.25) is 0 Å². The highest BCUT2D eigenvalue weighted by atomic mass is 79.9. The van der Waals surface area contributed by atoms with Gasteiger partial charge in [-0.2, -0.15) is 0 Å². The summed E-state index contributed by atoms with van der Waals surface area (Å²) in [5, 5.41) is 9.87. The predicted molar refractivity (Wildman–Crippen MR) is 88.2 cm³/mol. The van der Waals surface area contributed by atoms with Crippen LogP contribution >= 0.6 is 15.9 Å². The molecule has 114 valence electrons. The quantitative estimate of drug-likeness (QED) is 0.848. The van der Waals surface area contributed by atoms with Gasteiger partial charge in [0.15, 0.2) is 11.5 Å². The fraction of sp³-hybridized carbons (Fsp3) is 0.250. The largest absolute Gasteiger partial charge is 0.512 e. The highest BCUT2D eigenvalue weighted by molar-refractivity contribution is 9.10. The number of allylic oxidation sites excluding steroid dienone is 3. The molecule has 3 N–H and O–H groups in total. The summed E-state index contributed by atoms with van der Waals surface area (Å²) in [4.78, 5) is 18.8. The topological polar surface area (TPSA) is 78.9 Å². The Hall–Kier alpha value is -2.08. The molecule has 0 saturated heterocycles. The Kier molecular flexibility index (Phi) is 3.56. The van der Waals surface area contributed by atoms with Crippen LogP contribution in [0.25, 0.3) is 0 Å². The van der Waals surface area contributed by atoms with Gasteiger partial charge in [0.25, 0.3) is 5.91 Å². The van der Waals surface area contributed by atoms with E-state index in [1.54, 1.807) is 19.2 Å². The lowest BCUT2D eigenvalue weighted by atomic mass is 9.74. The van der Waals surface area contributed by atoms with Crippen molar-refractivity contribution >= 4 is 27.8 Å². The average molecular weight is 362 g/mol. The van der Waals surface area contributed by atoms with E-state index in [0.29, 0.717) is 6.42 Å². The van der Waals surface area contributed by atoms with Crippen LogP contribution in [0, 0.1) is 5.92 Å². The van der Waals surface area contributed by atoms with Gasteiger partial charge in [-0.3, -0.25) is 9.69 Å². The monoisotopic (exact) mass is 361 g/mol. The molecule has 2 atom stereocenters. The van der Waals surface area contributed by atoms with E-state index < -0.39 is 5.54 Å². The Morgan fingerprint density at radius 1 is 1.50 bits per heavy atom. The lowest BCUT2D eigenvalue weighted by molar-refractivity contribution is -0.132. The average Bonchev–Trinajstić information content (AvgIpc) is 2.72. The van der Waals surface area contributed by atoms with Gasteiger partial charge in [-0.15, -0.1) is 0 Å². The highest BCUT2D eigenvalue weighted by Crippen LogP contribution is 2.44. The Morgan fingerprint density at radius 2 is 2.27 bits per heavy atom. The molecule has 0 radical (unpaired) electrons. The smallest absolute Gasteiger partial charge is 0.262 e. The number of aliphatic hydroxyl groups excluding tert-OH is 1. The summed E-state index contributed by atoms with van der Waals surface area (Å²) >= 11 is 3.44. The maximum absolute atomic E-state index is 12.9. The predicted octanol–water partition coefficient (Wildman–Crippen LogP) is 2.45. The SMILES string of the molecule is CN1C(=O)C(c2cccc(Br)c2)(C2C=CC=C(O)C2)N=C1N. The van der Waals surface area contributed by atoms with Gasteiger partial charge in [0.2, 0.25) is 0 Å². The van der Waals surface area contributed by atoms with Crippen LogP contribution in [0.5, 0.6) is 0 Å².